The van der Waals surface area contributed by atoms with Crippen molar-refractivity contribution in [3.05, 3.63) is 22.8 Å². The fourth-order valence-electron chi connectivity index (χ4n) is 2.97. The van der Waals surface area contributed by atoms with Gasteiger partial charge in [-0.3, -0.25) is 0 Å². The molecule has 0 aromatic carbocycles. The van der Waals surface area contributed by atoms with E-state index in [1.807, 2.05) is 12.3 Å². The van der Waals surface area contributed by atoms with E-state index >= 15 is 0 Å². The summed E-state index contributed by atoms with van der Waals surface area (Å²) in [6.45, 7) is 4.83. The number of likely N-dealkylation sites (N-methyl/N-ethyl adjacent to an activating group) is 2. The first-order valence-electron chi connectivity index (χ1n) is 7.72. The SMILES string of the molecule is CCNCc1cnc(N(C)CC2(N(C)C)CCC2)c(Cl)c1. The Morgan fingerprint density at radius 2 is 2.05 bits per heavy atom. The van der Waals surface area contributed by atoms with Crippen LogP contribution in [0.4, 0.5) is 5.82 Å². The van der Waals surface area contributed by atoms with Crippen molar-refractivity contribution in [3.8, 4) is 0 Å². The topological polar surface area (TPSA) is 31.4 Å². The summed E-state index contributed by atoms with van der Waals surface area (Å²) < 4.78 is 0. The van der Waals surface area contributed by atoms with Crippen LogP contribution in [0.5, 0.6) is 0 Å². The van der Waals surface area contributed by atoms with Gasteiger partial charge < -0.3 is 15.1 Å². The van der Waals surface area contributed by atoms with Crippen LogP contribution in [0, 0.1) is 0 Å². The van der Waals surface area contributed by atoms with Crippen molar-refractivity contribution in [2.45, 2.75) is 38.3 Å². The molecular weight excluding hydrogens is 284 g/mol. The number of nitrogens with one attached hydrogen (secondary N) is 1. The van der Waals surface area contributed by atoms with Crippen LogP contribution in [0.25, 0.3) is 0 Å². The fraction of sp³-hybridized carbons (Fsp3) is 0.688. The summed E-state index contributed by atoms with van der Waals surface area (Å²) in [7, 11) is 6.42. The zero-order valence-electron chi connectivity index (χ0n) is 13.6. The van der Waals surface area contributed by atoms with Gasteiger partial charge in [-0.25, -0.2) is 4.98 Å². The van der Waals surface area contributed by atoms with E-state index in [-0.39, 0.29) is 5.54 Å². The van der Waals surface area contributed by atoms with Gasteiger partial charge in [0.15, 0.2) is 0 Å². The Bertz CT molecular complexity index is 471. The van der Waals surface area contributed by atoms with Crippen LogP contribution in [0.2, 0.25) is 5.02 Å². The lowest BCUT2D eigenvalue weighted by molar-refractivity contribution is 0.0682. The molecule has 0 radical (unpaired) electrons. The van der Waals surface area contributed by atoms with Crippen molar-refractivity contribution in [1.82, 2.24) is 15.2 Å². The lowest BCUT2D eigenvalue weighted by Crippen LogP contribution is -2.56. The Hall–Kier alpha value is -0.840. The number of halogens is 1. The second kappa shape index (κ2) is 6.95. The van der Waals surface area contributed by atoms with Crippen molar-refractivity contribution in [2.75, 3.05) is 39.1 Å². The number of aromatic nitrogens is 1. The third kappa shape index (κ3) is 3.68. The first-order valence-corrected chi connectivity index (χ1v) is 8.10. The maximum Gasteiger partial charge on any atom is 0.147 e. The van der Waals surface area contributed by atoms with E-state index < -0.39 is 0 Å². The van der Waals surface area contributed by atoms with E-state index in [2.05, 4.69) is 48.2 Å². The molecule has 1 aliphatic rings. The van der Waals surface area contributed by atoms with Crippen LogP contribution in [-0.4, -0.2) is 49.7 Å². The number of nitrogens with zero attached hydrogens (tertiary/aromatic N) is 3. The van der Waals surface area contributed by atoms with Crippen molar-refractivity contribution in [3.63, 3.8) is 0 Å². The molecule has 1 fully saturated rings. The van der Waals surface area contributed by atoms with Gasteiger partial charge in [0.2, 0.25) is 0 Å². The highest BCUT2D eigenvalue weighted by Crippen LogP contribution is 2.38. The first-order chi connectivity index (χ1) is 9.98. The van der Waals surface area contributed by atoms with Gasteiger partial charge in [-0.15, -0.1) is 0 Å². The average Bonchev–Trinajstić information content (AvgIpc) is 2.39. The van der Waals surface area contributed by atoms with Crippen LogP contribution in [0.1, 0.15) is 31.7 Å². The molecule has 1 aromatic heterocycles. The highest BCUT2D eigenvalue weighted by Gasteiger charge is 2.40. The molecule has 1 aromatic rings. The molecule has 1 aliphatic carbocycles. The molecule has 1 heterocycles. The van der Waals surface area contributed by atoms with E-state index in [0.717, 1.165) is 36.0 Å². The Balaban J connectivity index is 2.07. The molecule has 1 saturated carbocycles. The average molecular weight is 311 g/mol. The quantitative estimate of drug-likeness (QED) is 0.839. The summed E-state index contributed by atoms with van der Waals surface area (Å²) in [6.07, 6.45) is 5.74. The third-order valence-electron chi connectivity index (χ3n) is 4.58. The molecule has 21 heavy (non-hydrogen) atoms. The molecule has 0 amide bonds. The minimum Gasteiger partial charge on any atom is -0.357 e. The molecular formula is C16H27ClN4. The van der Waals surface area contributed by atoms with Gasteiger partial charge in [0.25, 0.3) is 0 Å². The standard InChI is InChI=1S/C16H27ClN4/c1-5-18-10-13-9-14(17)15(19-11-13)21(4)12-16(20(2)3)7-6-8-16/h9,11,18H,5-8,10,12H2,1-4H3. The van der Waals surface area contributed by atoms with E-state index in [1.165, 1.54) is 19.3 Å². The number of pyridine rings is 1. The normalized spacial score (nSPS) is 16.9. The van der Waals surface area contributed by atoms with Gasteiger partial charge in [0, 0.05) is 31.9 Å². The number of hydrogen-bond donors (Lipinski definition) is 1. The molecule has 118 valence electrons. The maximum atomic E-state index is 6.43. The monoisotopic (exact) mass is 310 g/mol. The largest absolute Gasteiger partial charge is 0.357 e. The summed E-state index contributed by atoms with van der Waals surface area (Å²) in [6, 6.07) is 2.02. The van der Waals surface area contributed by atoms with E-state index in [0.29, 0.717) is 0 Å². The second-order valence-electron chi connectivity index (χ2n) is 6.26. The van der Waals surface area contributed by atoms with Crippen molar-refractivity contribution >= 4 is 17.4 Å². The summed E-state index contributed by atoms with van der Waals surface area (Å²) in [4.78, 5) is 9.11. The molecule has 5 heteroatoms. The molecule has 0 unspecified atom stereocenters. The number of hydrogen-bond acceptors (Lipinski definition) is 4. The minimum atomic E-state index is 0.280. The van der Waals surface area contributed by atoms with Crippen LogP contribution < -0.4 is 10.2 Å². The van der Waals surface area contributed by atoms with Gasteiger partial charge >= 0.3 is 0 Å². The van der Waals surface area contributed by atoms with Gasteiger partial charge in [0.05, 0.1) is 5.02 Å². The van der Waals surface area contributed by atoms with Gasteiger partial charge in [0.1, 0.15) is 5.82 Å². The Morgan fingerprint density at radius 1 is 1.33 bits per heavy atom. The van der Waals surface area contributed by atoms with Gasteiger partial charge in [-0.2, -0.15) is 0 Å². The van der Waals surface area contributed by atoms with Crippen LogP contribution in [-0.2, 0) is 6.54 Å². The van der Waals surface area contributed by atoms with E-state index in [4.69, 9.17) is 11.6 Å². The lowest BCUT2D eigenvalue weighted by atomic mass is 9.75. The zero-order valence-corrected chi connectivity index (χ0v) is 14.4. The fourth-order valence-corrected chi connectivity index (χ4v) is 3.30. The van der Waals surface area contributed by atoms with Gasteiger partial charge in [-0.05, 0) is 51.5 Å². The number of rotatable bonds is 7. The third-order valence-corrected chi connectivity index (χ3v) is 4.86. The van der Waals surface area contributed by atoms with Crippen LogP contribution in [0.15, 0.2) is 12.3 Å². The zero-order chi connectivity index (χ0) is 15.5. The summed E-state index contributed by atoms with van der Waals surface area (Å²) in [5.74, 6) is 0.880. The highest BCUT2D eigenvalue weighted by atomic mass is 35.5. The van der Waals surface area contributed by atoms with Crippen molar-refractivity contribution in [2.24, 2.45) is 0 Å². The Labute approximate surface area is 133 Å². The smallest absolute Gasteiger partial charge is 0.147 e. The van der Waals surface area contributed by atoms with Crippen LogP contribution >= 0.6 is 11.6 Å². The lowest BCUT2D eigenvalue weighted by Gasteiger charge is -2.49. The molecule has 2 rings (SSSR count). The molecule has 1 N–H and O–H groups in total. The molecule has 0 spiro atoms. The minimum absolute atomic E-state index is 0.280. The predicted octanol–water partition coefficient (Wildman–Crippen LogP) is 2.77. The first kappa shape index (κ1) is 16.5. The summed E-state index contributed by atoms with van der Waals surface area (Å²) in [5, 5.41) is 4.03. The van der Waals surface area contributed by atoms with Crippen molar-refractivity contribution < 1.29 is 0 Å². The maximum absolute atomic E-state index is 6.43. The molecule has 0 bridgehead atoms. The molecule has 0 aliphatic heterocycles. The summed E-state index contributed by atoms with van der Waals surface area (Å²) in [5.41, 5.74) is 1.41. The molecule has 0 saturated heterocycles. The van der Waals surface area contributed by atoms with E-state index in [9.17, 15) is 0 Å². The van der Waals surface area contributed by atoms with Gasteiger partial charge in [-0.1, -0.05) is 18.5 Å². The number of anilines is 1. The predicted molar refractivity (Wildman–Crippen MR) is 90.2 cm³/mol. The van der Waals surface area contributed by atoms with E-state index in [1.54, 1.807) is 0 Å². The molecule has 4 nitrogen and oxygen atoms in total. The van der Waals surface area contributed by atoms with Crippen LogP contribution in [0.3, 0.4) is 0 Å². The van der Waals surface area contributed by atoms with Crippen molar-refractivity contribution in [1.29, 1.82) is 0 Å². The molecule has 0 atom stereocenters. The second-order valence-corrected chi connectivity index (χ2v) is 6.66. The highest BCUT2D eigenvalue weighted by molar-refractivity contribution is 6.33. The Kier molecular flexibility index (Phi) is 5.47. The summed E-state index contributed by atoms with van der Waals surface area (Å²) >= 11 is 6.43. The Morgan fingerprint density at radius 3 is 2.52 bits per heavy atom.